The molecule has 108 valence electrons. The van der Waals surface area contributed by atoms with E-state index in [2.05, 4.69) is 58.1 Å². The molecule has 0 radical (unpaired) electrons. The molecular formula is C18H31N. The average Bonchev–Trinajstić information content (AvgIpc) is 2.31. The lowest BCUT2D eigenvalue weighted by Gasteiger charge is -2.20. The molecule has 0 spiro atoms. The fraction of sp³-hybridized carbons (Fsp3) is 0.667. The molecular weight excluding hydrogens is 230 g/mol. The third-order valence-electron chi connectivity index (χ3n) is 3.53. The second kappa shape index (κ2) is 7.69. The summed E-state index contributed by atoms with van der Waals surface area (Å²) in [6, 6.07) is 6.80. The van der Waals surface area contributed by atoms with Crippen LogP contribution in [-0.2, 0) is 6.42 Å². The molecule has 0 aliphatic rings. The van der Waals surface area contributed by atoms with Crippen molar-refractivity contribution in [3.8, 4) is 0 Å². The van der Waals surface area contributed by atoms with Crippen LogP contribution in [0.4, 0.5) is 0 Å². The molecule has 1 N–H and O–H groups in total. The van der Waals surface area contributed by atoms with Crippen LogP contribution < -0.4 is 5.32 Å². The van der Waals surface area contributed by atoms with Gasteiger partial charge in [-0.15, -0.1) is 0 Å². The van der Waals surface area contributed by atoms with Crippen LogP contribution >= 0.6 is 0 Å². The van der Waals surface area contributed by atoms with Crippen molar-refractivity contribution < 1.29 is 0 Å². The molecule has 1 heteroatoms. The number of hydrogen-bond acceptors (Lipinski definition) is 1. The fourth-order valence-corrected chi connectivity index (χ4v) is 2.33. The Morgan fingerprint density at radius 2 is 1.63 bits per heavy atom. The Labute approximate surface area is 119 Å². The van der Waals surface area contributed by atoms with Crippen molar-refractivity contribution in [1.29, 1.82) is 0 Å². The molecule has 0 atom stereocenters. The van der Waals surface area contributed by atoms with Crippen molar-refractivity contribution >= 4 is 0 Å². The SMILES string of the molecule is Cc1ccc(C)c(CCCCCCNC(C)(C)C)c1. The van der Waals surface area contributed by atoms with Gasteiger partial charge in [0.1, 0.15) is 0 Å². The number of aryl methyl sites for hydroxylation is 3. The van der Waals surface area contributed by atoms with Crippen molar-refractivity contribution in [2.45, 2.75) is 72.3 Å². The van der Waals surface area contributed by atoms with Crippen LogP contribution in [0.15, 0.2) is 18.2 Å². The predicted molar refractivity (Wildman–Crippen MR) is 85.8 cm³/mol. The van der Waals surface area contributed by atoms with Gasteiger partial charge in [-0.3, -0.25) is 0 Å². The Hall–Kier alpha value is -0.820. The first-order chi connectivity index (χ1) is 8.88. The lowest BCUT2D eigenvalue weighted by molar-refractivity contribution is 0.416. The molecule has 0 amide bonds. The third kappa shape index (κ3) is 7.37. The first-order valence-electron chi connectivity index (χ1n) is 7.70. The minimum absolute atomic E-state index is 0.263. The number of unbranched alkanes of at least 4 members (excludes halogenated alkanes) is 3. The van der Waals surface area contributed by atoms with Gasteiger partial charge in [0.15, 0.2) is 0 Å². The van der Waals surface area contributed by atoms with E-state index in [1.807, 2.05) is 0 Å². The Bertz CT molecular complexity index is 374. The maximum Gasteiger partial charge on any atom is 0.00965 e. The highest BCUT2D eigenvalue weighted by atomic mass is 14.9. The molecule has 1 rings (SSSR count). The summed E-state index contributed by atoms with van der Waals surface area (Å²) in [6.07, 6.45) is 6.54. The van der Waals surface area contributed by atoms with Gasteiger partial charge in [-0.25, -0.2) is 0 Å². The van der Waals surface area contributed by atoms with Gasteiger partial charge in [0.2, 0.25) is 0 Å². The van der Waals surface area contributed by atoms with Crippen LogP contribution in [0.5, 0.6) is 0 Å². The van der Waals surface area contributed by atoms with E-state index in [9.17, 15) is 0 Å². The lowest BCUT2D eigenvalue weighted by Crippen LogP contribution is -2.36. The molecule has 0 bridgehead atoms. The zero-order chi connectivity index (χ0) is 14.3. The quantitative estimate of drug-likeness (QED) is 0.696. The molecule has 0 saturated heterocycles. The summed E-state index contributed by atoms with van der Waals surface area (Å²) >= 11 is 0. The summed E-state index contributed by atoms with van der Waals surface area (Å²) in [4.78, 5) is 0. The van der Waals surface area contributed by atoms with E-state index in [1.54, 1.807) is 0 Å². The van der Waals surface area contributed by atoms with Gasteiger partial charge in [0.05, 0.1) is 0 Å². The first-order valence-corrected chi connectivity index (χ1v) is 7.70. The fourth-order valence-electron chi connectivity index (χ4n) is 2.33. The van der Waals surface area contributed by atoms with Gasteiger partial charge in [-0.1, -0.05) is 36.6 Å². The van der Waals surface area contributed by atoms with Gasteiger partial charge >= 0.3 is 0 Å². The largest absolute Gasteiger partial charge is 0.312 e. The van der Waals surface area contributed by atoms with Gasteiger partial charge in [-0.05, 0) is 71.6 Å². The highest BCUT2D eigenvalue weighted by molar-refractivity contribution is 5.30. The molecule has 0 fully saturated rings. The van der Waals surface area contributed by atoms with Crippen molar-refractivity contribution in [2.24, 2.45) is 0 Å². The summed E-state index contributed by atoms with van der Waals surface area (Å²) in [7, 11) is 0. The second-order valence-electron chi connectivity index (χ2n) is 6.77. The van der Waals surface area contributed by atoms with Gasteiger partial charge in [0, 0.05) is 5.54 Å². The topological polar surface area (TPSA) is 12.0 Å². The Kier molecular flexibility index (Phi) is 6.57. The Balaban J connectivity index is 2.12. The number of nitrogens with one attached hydrogen (secondary N) is 1. The van der Waals surface area contributed by atoms with Crippen LogP contribution in [0.2, 0.25) is 0 Å². The van der Waals surface area contributed by atoms with Crippen molar-refractivity contribution in [2.75, 3.05) is 6.54 Å². The minimum atomic E-state index is 0.263. The molecule has 0 heterocycles. The van der Waals surface area contributed by atoms with E-state index >= 15 is 0 Å². The van der Waals surface area contributed by atoms with Gasteiger partial charge in [0.25, 0.3) is 0 Å². The number of benzene rings is 1. The summed E-state index contributed by atoms with van der Waals surface area (Å²) in [6.45, 7) is 12.2. The Morgan fingerprint density at radius 1 is 0.947 bits per heavy atom. The molecule has 19 heavy (non-hydrogen) atoms. The first kappa shape index (κ1) is 16.2. The summed E-state index contributed by atoms with van der Waals surface area (Å²) in [5.41, 5.74) is 4.63. The monoisotopic (exact) mass is 261 g/mol. The highest BCUT2D eigenvalue weighted by Gasteiger charge is 2.06. The molecule has 0 saturated carbocycles. The van der Waals surface area contributed by atoms with E-state index in [0.717, 1.165) is 6.54 Å². The smallest absolute Gasteiger partial charge is 0.00965 e. The molecule has 1 aromatic carbocycles. The van der Waals surface area contributed by atoms with E-state index in [1.165, 1.54) is 48.8 Å². The molecule has 0 aliphatic heterocycles. The van der Waals surface area contributed by atoms with E-state index in [0.29, 0.717) is 0 Å². The lowest BCUT2D eigenvalue weighted by atomic mass is 9.99. The Morgan fingerprint density at radius 3 is 2.32 bits per heavy atom. The maximum atomic E-state index is 3.55. The van der Waals surface area contributed by atoms with Crippen LogP contribution in [0, 0.1) is 13.8 Å². The number of rotatable bonds is 7. The third-order valence-corrected chi connectivity index (χ3v) is 3.53. The van der Waals surface area contributed by atoms with Crippen LogP contribution in [-0.4, -0.2) is 12.1 Å². The molecule has 0 aromatic heterocycles. The zero-order valence-electron chi connectivity index (χ0n) is 13.5. The summed E-state index contributed by atoms with van der Waals surface area (Å²) in [5, 5.41) is 3.55. The highest BCUT2D eigenvalue weighted by Crippen LogP contribution is 2.14. The predicted octanol–water partition coefficient (Wildman–Crippen LogP) is 4.79. The van der Waals surface area contributed by atoms with Crippen LogP contribution in [0.25, 0.3) is 0 Å². The average molecular weight is 261 g/mol. The standard InChI is InChI=1S/C18H31N/c1-15-11-12-16(2)17(14-15)10-8-6-7-9-13-19-18(3,4)5/h11-12,14,19H,6-10,13H2,1-5H3. The van der Waals surface area contributed by atoms with Gasteiger partial charge < -0.3 is 5.32 Å². The summed E-state index contributed by atoms with van der Waals surface area (Å²) < 4.78 is 0. The molecule has 0 unspecified atom stereocenters. The van der Waals surface area contributed by atoms with Crippen molar-refractivity contribution in [3.63, 3.8) is 0 Å². The van der Waals surface area contributed by atoms with Crippen LogP contribution in [0.1, 0.15) is 63.1 Å². The van der Waals surface area contributed by atoms with E-state index in [4.69, 9.17) is 0 Å². The summed E-state index contributed by atoms with van der Waals surface area (Å²) in [5.74, 6) is 0. The minimum Gasteiger partial charge on any atom is -0.312 e. The maximum absolute atomic E-state index is 3.55. The van der Waals surface area contributed by atoms with E-state index < -0.39 is 0 Å². The zero-order valence-corrected chi connectivity index (χ0v) is 13.5. The van der Waals surface area contributed by atoms with Crippen molar-refractivity contribution in [3.05, 3.63) is 34.9 Å². The number of hydrogen-bond donors (Lipinski definition) is 1. The molecule has 1 nitrogen and oxygen atoms in total. The second-order valence-corrected chi connectivity index (χ2v) is 6.77. The molecule has 0 aliphatic carbocycles. The van der Waals surface area contributed by atoms with Crippen LogP contribution in [0.3, 0.4) is 0 Å². The van der Waals surface area contributed by atoms with Crippen molar-refractivity contribution in [1.82, 2.24) is 5.32 Å². The molecule has 1 aromatic rings. The van der Waals surface area contributed by atoms with E-state index in [-0.39, 0.29) is 5.54 Å². The van der Waals surface area contributed by atoms with Gasteiger partial charge in [-0.2, -0.15) is 0 Å². The normalized spacial score (nSPS) is 11.8.